The highest BCUT2D eigenvalue weighted by Gasteiger charge is 2.49. The maximum absolute atomic E-state index is 16.7. The van der Waals surface area contributed by atoms with Crippen molar-refractivity contribution in [2.45, 2.75) is 62.3 Å². The molecule has 4 aromatic rings. The minimum atomic E-state index is -0.884. The van der Waals surface area contributed by atoms with Gasteiger partial charge in [-0.15, -0.1) is 0 Å². The van der Waals surface area contributed by atoms with E-state index >= 15 is 8.78 Å². The quantitative estimate of drug-likeness (QED) is 0.294. The number of aromatic nitrogens is 2. The summed E-state index contributed by atoms with van der Waals surface area (Å²) in [5.41, 5.74) is 6.90. The van der Waals surface area contributed by atoms with E-state index in [-0.39, 0.29) is 29.2 Å². The van der Waals surface area contributed by atoms with Gasteiger partial charge in [-0.25, -0.2) is 13.2 Å². The van der Waals surface area contributed by atoms with Crippen LogP contribution in [-0.2, 0) is 0 Å². The normalized spacial score (nSPS) is 27.2. The lowest BCUT2D eigenvalue weighted by molar-refractivity contribution is 0.107. The average Bonchev–Trinajstić information content (AvgIpc) is 3.62. The Balaban J connectivity index is 1.25. The first-order chi connectivity index (χ1) is 20.9. The van der Waals surface area contributed by atoms with Gasteiger partial charge in [0.25, 0.3) is 0 Å². The number of anilines is 2. The van der Waals surface area contributed by atoms with E-state index in [1.165, 1.54) is 6.07 Å². The van der Waals surface area contributed by atoms with Crippen molar-refractivity contribution >= 4 is 33.2 Å². The van der Waals surface area contributed by atoms with Crippen LogP contribution in [0, 0.1) is 11.6 Å². The fourth-order valence-corrected chi connectivity index (χ4v) is 8.04. The second kappa shape index (κ2) is 10.2. The predicted octanol–water partition coefficient (Wildman–Crippen LogP) is 5.60. The molecule has 0 radical (unpaired) electrons. The number of halogens is 3. The fraction of sp³-hybridized carbons (Fsp3) is 0.455. The van der Waals surface area contributed by atoms with E-state index in [2.05, 4.69) is 20.1 Å². The van der Waals surface area contributed by atoms with Gasteiger partial charge in [-0.3, -0.25) is 4.90 Å². The molecule has 4 aliphatic rings. The second-order valence-corrected chi connectivity index (χ2v) is 12.8. The van der Waals surface area contributed by atoms with Gasteiger partial charge in [0.05, 0.1) is 5.54 Å². The highest BCUT2D eigenvalue weighted by Crippen LogP contribution is 2.42. The molecule has 3 aromatic carbocycles. The third kappa shape index (κ3) is 4.57. The Morgan fingerprint density at radius 3 is 2.79 bits per heavy atom. The molecule has 0 spiro atoms. The van der Waals surface area contributed by atoms with Gasteiger partial charge in [-0.05, 0) is 73.9 Å². The number of ether oxygens (including phenoxy) is 1. The predicted molar refractivity (Wildman–Crippen MR) is 162 cm³/mol. The fourth-order valence-electron chi connectivity index (χ4n) is 8.04. The Morgan fingerprint density at radius 1 is 1.00 bits per heavy atom. The molecule has 0 unspecified atom stereocenters. The lowest BCUT2D eigenvalue weighted by Crippen LogP contribution is -2.43. The van der Waals surface area contributed by atoms with Crippen LogP contribution in [0.5, 0.6) is 6.01 Å². The van der Waals surface area contributed by atoms with Crippen molar-refractivity contribution in [1.82, 2.24) is 20.2 Å². The molecule has 7 nitrogen and oxygen atoms in total. The molecule has 2 bridgehead atoms. The third-order valence-corrected chi connectivity index (χ3v) is 10.1. The summed E-state index contributed by atoms with van der Waals surface area (Å²) in [6.45, 7) is 3.03. The third-order valence-electron chi connectivity index (χ3n) is 10.1. The molecule has 3 N–H and O–H groups in total. The summed E-state index contributed by atoms with van der Waals surface area (Å²) in [4.78, 5) is 13.9. The van der Waals surface area contributed by atoms with Crippen LogP contribution in [-0.4, -0.2) is 71.4 Å². The van der Waals surface area contributed by atoms with Gasteiger partial charge in [0.1, 0.15) is 29.9 Å². The van der Waals surface area contributed by atoms with Crippen LogP contribution < -0.4 is 20.7 Å². The van der Waals surface area contributed by atoms with Crippen LogP contribution in [0.25, 0.3) is 32.8 Å². The summed E-state index contributed by atoms with van der Waals surface area (Å²) < 4.78 is 52.5. The van der Waals surface area contributed by atoms with E-state index in [1.54, 1.807) is 30.3 Å². The Kier molecular flexibility index (Phi) is 6.41. The summed E-state index contributed by atoms with van der Waals surface area (Å²) in [5.74, 6) is -0.408. The zero-order chi connectivity index (χ0) is 29.3. The summed E-state index contributed by atoms with van der Waals surface area (Å²) in [6, 6.07) is 12.4. The Hall–Kier alpha value is -3.63. The molecule has 4 atom stereocenters. The van der Waals surface area contributed by atoms with Gasteiger partial charge in [0.2, 0.25) is 0 Å². The smallest absolute Gasteiger partial charge is 0.319 e. The molecular weight excluding hydrogens is 553 g/mol. The average molecular weight is 589 g/mol. The largest absolute Gasteiger partial charge is 0.461 e. The van der Waals surface area contributed by atoms with Crippen molar-refractivity contribution in [3.63, 3.8) is 0 Å². The van der Waals surface area contributed by atoms with E-state index in [1.807, 2.05) is 6.07 Å². The highest BCUT2D eigenvalue weighted by atomic mass is 19.1. The molecule has 43 heavy (non-hydrogen) atoms. The monoisotopic (exact) mass is 588 g/mol. The number of nitrogens with one attached hydrogen (secondary N) is 1. The molecule has 0 aliphatic carbocycles. The lowest BCUT2D eigenvalue weighted by Gasteiger charge is -2.31. The lowest BCUT2D eigenvalue weighted by atomic mass is 9.95. The van der Waals surface area contributed by atoms with Crippen molar-refractivity contribution in [2.24, 2.45) is 0 Å². The van der Waals surface area contributed by atoms with Crippen molar-refractivity contribution < 1.29 is 17.9 Å². The van der Waals surface area contributed by atoms with Crippen molar-refractivity contribution in [3.8, 4) is 17.1 Å². The molecule has 224 valence electrons. The topological polar surface area (TPSA) is 79.5 Å². The maximum atomic E-state index is 16.7. The summed E-state index contributed by atoms with van der Waals surface area (Å²) in [6.07, 6.45) is 4.58. The highest BCUT2D eigenvalue weighted by molar-refractivity contribution is 6.02. The van der Waals surface area contributed by atoms with Crippen LogP contribution >= 0.6 is 0 Å². The molecule has 5 heterocycles. The van der Waals surface area contributed by atoms with E-state index in [0.717, 1.165) is 51.7 Å². The van der Waals surface area contributed by atoms with Gasteiger partial charge in [0, 0.05) is 60.2 Å². The Morgan fingerprint density at radius 2 is 1.88 bits per heavy atom. The maximum Gasteiger partial charge on any atom is 0.319 e. The standard InChI is InChI=1S/C33H35F3N6O/c34-20-15-33(10-2-11-42(33)16-20)18-43-32-39-30-25(31(40-32)41-12-9-22-5-6-23(17-41)38-22)8-7-24(29(30)36)26-14-21(37)13-19-3-1-4-27(35)28(19)26/h1,3-4,7-8,13-14,20,22-23,38H,2,5-6,9-12,15-18,37H2/t20-,22-,23+,33+/m1/s1. The first-order valence-corrected chi connectivity index (χ1v) is 15.4. The number of nitrogen functional groups attached to an aromatic ring is 1. The van der Waals surface area contributed by atoms with Crippen molar-refractivity contribution in [2.75, 3.05) is 43.4 Å². The number of nitrogens with two attached hydrogens (primary N) is 1. The number of nitrogens with zero attached hydrogens (tertiary/aromatic N) is 4. The SMILES string of the molecule is Nc1cc(-c2ccc3c(N4CC[C@H]5CC[C@@H](C4)N5)nc(OC[C@@]45CCCN4C[C@H](F)C5)nc3c2F)c2c(F)cccc2c1. The molecule has 4 saturated heterocycles. The van der Waals surface area contributed by atoms with Gasteiger partial charge in [-0.1, -0.05) is 18.2 Å². The van der Waals surface area contributed by atoms with Gasteiger partial charge < -0.3 is 20.7 Å². The van der Waals surface area contributed by atoms with Crippen LogP contribution in [0.3, 0.4) is 0 Å². The van der Waals surface area contributed by atoms with Crippen LogP contribution in [0.15, 0.2) is 42.5 Å². The number of hydrogen-bond acceptors (Lipinski definition) is 7. The summed E-state index contributed by atoms with van der Waals surface area (Å²) >= 11 is 0. The molecule has 10 heteroatoms. The minimum Gasteiger partial charge on any atom is -0.461 e. The van der Waals surface area contributed by atoms with Gasteiger partial charge >= 0.3 is 6.01 Å². The number of benzene rings is 3. The number of rotatable bonds is 5. The van der Waals surface area contributed by atoms with Crippen LogP contribution in [0.2, 0.25) is 0 Å². The van der Waals surface area contributed by atoms with E-state index in [4.69, 9.17) is 15.5 Å². The van der Waals surface area contributed by atoms with E-state index < -0.39 is 17.8 Å². The Labute approximate surface area is 248 Å². The van der Waals surface area contributed by atoms with Crippen molar-refractivity contribution in [1.29, 1.82) is 0 Å². The van der Waals surface area contributed by atoms with Crippen LogP contribution in [0.1, 0.15) is 38.5 Å². The molecule has 4 aliphatic heterocycles. The number of alkyl halides is 1. The molecule has 0 amide bonds. The number of fused-ring (bicyclic) bond motifs is 5. The van der Waals surface area contributed by atoms with E-state index in [9.17, 15) is 4.39 Å². The van der Waals surface area contributed by atoms with Crippen LogP contribution in [0.4, 0.5) is 24.7 Å². The molecular formula is C33H35F3N6O. The first-order valence-electron chi connectivity index (χ1n) is 15.4. The summed E-state index contributed by atoms with van der Waals surface area (Å²) in [7, 11) is 0. The number of hydrogen-bond donors (Lipinski definition) is 2. The van der Waals surface area contributed by atoms with Crippen molar-refractivity contribution in [3.05, 3.63) is 54.1 Å². The van der Waals surface area contributed by atoms with E-state index in [0.29, 0.717) is 58.3 Å². The summed E-state index contributed by atoms with van der Waals surface area (Å²) in [5, 5.41) is 5.17. The zero-order valence-corrected chi connectivity index (χ0v) is 24.0. The first kappa shape index (κ1) is 27.0. The molecule has 8 rings (SSSR count). The van der Waals surface area contributed by atoms with Gasteiger partial charge in [-0.2, -0.15) is 9.97 Å². The molecule has 1 aromatic heterocycles. The zero-order valence-electron chi connectivity index (χ0n) is 24.0. The molecule has 4 fully saturated rings. The minimum absolute atomic E-state index is 0.0769. The molecule has 0 saturated carbocycles. The van der Waals surface area contributed by atoms with Gasteiger partial charge in [0.15, 0.2) is 5.82 Å². The second-order valence-electron chi connectivity index (χ2n) is 12.8. The Bertz CT molecular complexity index is 1730.